The van der Waals surface area contributed by atoms with Crippen molar-refractivity contribution in [1.82, 2.24) is 5.32 Å². The molecule has 2 rings (SSSR count). The maximum atomic E-state index is 12.2. The van der Waals surface area contributed by atoms with Gasteiger partial charge in [0, 0.05) is 19.8 Å². The summed E-state index contributed by atoms with van der Waals surface area (Å²) in [6, 6.07) is 0. The van der Waals surface area contributed by atoms with Crippen molar-refractivity contribution in [1.29, 1.82) is 0 Å². The minimum Gasteiger partial charge on any atom is -0.381 e. The molecule has 0 unspecified atom stereocenters. The van der Waals surface area contributed by atoms with E-state index in [1.807, 2.05) is 0 Å². The highest BCUT2D eigenvalue weighted by Crippen LogP contribution is 2.44. The van der Waals surface area contributed by atoms with Gasteiger partial charge in [0.1, 0.15) is 0 Å². The van der Waals surface area contributed by atoms with Crippen LogP contribution in [0.3, 0.4) is 0 Å². The van der Waals surface area contributed by atoms with Gasteiger partial charge in [-0.25, -0.2) is 0 Å². The fourth-order valence-corrected chi connectivity index (χ4v) is 3.13. The molecule has 1 saturated carbocycles. The van der Waals surface area contributed by atoms with Crippen LogP contribution >= 0.6 is 0 Å². The van der Waals surface area contributed by atoms with Crippen LogP contribution in [0.2, 0.25) is 0 Å². The van der Waals surface area contributed by atoms with Crippen LogP contribution in [0.15, 0.2) is 0 Å². The molecule has 0 aromatic carbocycles. The van der Waals surface area contributed by atoms with Crippen molar-refractivity contribution < 1.29 is 9.53 Å². The maximum Gasteiger partial charge on any atom is 0.240 e. The normalized spacial score (nSPS) is 25.2. The second kappa shape index (κ2) is 5.57. The second-order valence-electron chi connectivity index (χ2n) is 6.05. The molecule has 2 aliphatic rings. The predicted octanol–water partition coefficient (Wildman–Crippen LogP) is 1.58. The van der Waals surface area contributed by atoms with E-state index in [9.17, 15) is 4.79 Å². The second-order valence-corrected chi connectivity index (χ2v) is 6.05. The molecule has 0 atom stereocenters. The average Bonchev–Trinajstić information content (AvgIpc) is 2.33. The quantitative estimate of drug-likeness (QED) is 0.783. The van der Waals surface area contributed by atoms with Gasteiger partial charge in [-0.2, -0.15) is 0 Å². The van der Waals surface area contributed by atoms with Gasteiger partial charge in [0.05, 0.1) is 5.54 Å². The van der Waals surface area contributed by atoms with Crippen LogP contribution in [0.1, 0.15) is 51.9 Å². The lowest BCUT2D eigenvalue weighted by molar-refractivity contribution is -0.130. The van der Waals surface area contributed by atoms with Crippen molar-refractivity contribution in [2.24, 2.45) is 11.1 Å². The molecule has 18 heavy (non-hydrogen) atoms. The largest absolute Gasteiger partial charge is 0.381 e. The van der Waals surface area contributed by atoms with E-state index < -0.39 is 5.54 Å². The van der Waals surface area contributed by atoms with Gasteiger partial charge < -0.3 is 15.8 Å². The molecular formula is C14H26N2O2. The molecule has 0 spiro atoms. The summed E-state index contributed by atoms with van der Waals surface area (Å²) in [5.41, 5.74) is 5.84. The van der Waals surface area contributed by atoms with Gasteiger partial charge in [-0.3, -0.25) is 4.79 Å². The number of ether oxygens (including phenoxy) is 1. The maximum absolute atomic E-state index is 12.2. The van der Waals surface area contributed by atoms with Crippen LogP contribution < -0.4 is 11.1 Å². The van der Waals surface area contributed by atoms with E-state index >= 15 is 0 Å². The van der Waals surface area contributed by atoms with Crippen molar-refractivity contribution in [2.75, 3.05) is 19.8 Å². The Balaban J connectivity index is 1.83. The van der Waals surface area contributed by atoms with Gasteiger partial charge in [-0.1, -0.05) is 19.8 Å². The molecule has 0 aromatic heterocycles. The first-order chi connectivity index (χ1) is 8.60. The van der Waals surface area contributed by atoms with E-state index in [2.05, 4.69) is 12.2 Å². The third-order valence-corrected chi connectivity index (χ3v) is 4.66. The van der Waals surface area contributed by atoms with Crippen LogP contribution in [0, 0.1) is 5.41 Å². The van der Waals surface area contributed by atoms with Gasteiger partial charge in [0.15, 0.2) is 0 Å². The molecule has 104 valence electrons. The summed E-state index contributed by atoms with van der Waals surface area (Å²) in [6.45, 7) is 4.22. The summed E-state index contributed by atoms with van der Waals surface area (Å²) in [5.74, 6) is 0.0215. The van der Waals surface area contributed by atoms with E-state index in [1.165, 1.54) is 32.1 Å². The molecule has 1 heterocycles. The molecule has 4 nitrogen and oxygen atoms in total. The van der Waals surface area contributed by atoms with Gasteiger partial charge >= 0.3 is 0 Å². The summed E-state index contributed by atoms with van der Waals surface area (Å²) in [7, 11) is 0. The van der Waals surface area contributed by atoms with Gasteiger partial charge in [0.25, 0.3) is 0 Å². The summed E-state index contributed by atoms with van der Waals surface area (Å²) in [6.07, 6.45) is 7.49. The summed E-state index contributed by atoms with van der Waals surface area (Å²) in [5, 5.41) is 3.10. The fourth-order valence-electron chi connectivity index (χ4n) is 3.13. The highest BCUT2D eigenvalue weighted by Gasteiger charge is 2.40. The Morgan fingerprint density at radius 3 is 2.44 bits per heavy atom. The first kappa shape index (κ1) is 13.8. The molecule has 1 amide bonds. The number of nitrogens with two attached hydrogens (primary N) is 1. The molecule has 2 fully saturated rings. The zero-order valence-electron chi connectivity index (χ0n) is 11.5. The zero-order chi connectivity index (χ0) is 13.1. The molecule has 3 N–H and O–H groups in total. The smallest absolute Gasteiger partial charge is 0.240 e. The highest BCUT2D eigenvalue weighted by atomic mass is 16.5. The Bertz CT molecular complexity index is 294. The standard InChI is InChI=1S/C14H26N2O2/c1-2-4-13(5-3-6-13)11-16-12(17)14(15)7-9-18-10-8-14/h2-11,15H2,1H3,(H,16,17). The lowest BCUT2D eigenvalue weighted by atomic mass is 9.66. The van der Waals surface area contributed by atoms with Crippen molar-refractivity contribution in [3.05, 3.63) is 0 Å². The monoisotopic (exact) mass is 254 g/mol. The van der Waals surface area contributed by atoms with Crippen LogP contribution in [0.5, 0.6) is 0 Å². The first-order valence-corrected chi connectivity index (χ1v) is 7.25. The Morgan fingerprint density at radius 1 is 1.28 bits per heavy atom. The van der Waals surface area contributed by atoms with Gasteiger partial charge in [-0.05, 0) is 37.5 Å². The first-order valence-electron chi connectivity index (χ1n) is 7.25. The fraction of sp³-hybridized carbons (Fsp3) is 0.929. The van der Waals surface area contributed by atoms with Crippen LogP contribution in [-0.4, -0.2) is 31.2 Å². The molecular weight excluding hydrogens is 228 g/mol. The number of carbonyl (C=O) groups is 1. The third kappa shape index (κ3) is 2.86. The van der Waals surface area contributed by atoms with Crippen LogP contribution in [-0.2, 0) is 9.53 Å². The Labute approximate surface area is 110 Å². The SMILES string of the molecule is CCCC1(CNC(=O)C2(N)CCOCC2)CCC1. The number of hydrogen-bond donors (Lipinski definition) is 2. The van der Waals surface area contributed by atoms with Gasteiger partial charge in [-0.15, -0.1) is 0 Å². The summed E-state index contributed by atoms with van der Waals surface area (Å²) < 4.78 is 5.27. The minimum atomic E-state index is -0.699. The zero-order valence-corrected chi connectivity index (χ0v) is 11.5. The predicted molar refractivity (Wildman–Crippen MR) is 71.2 cm³/mol. The molecule has 4 heteroatoms. The number of rotatable bonds is 5. The Hall–Kier alpha value is -0.610. The summed E-state index contributed by atoms with van der Waals surface area (Å²) in [4.78, 5) is 12.2. The minimum absolute atomic E-state index is 0.0215. The van der Waals surface area contributed by atoms with E-state index in [0.29, 0.717) is 31.5 Å². The highest BCUT2D eigenvalue weighted by molar-refractivity contribution is 5.86. The van der Waals surface area contributed by atoms with Crippen molar-refractivity contribution in [3.63, 3.8) is 0 Å². The molecule has 0 bridgehead atoms. The van der Waals surface area contributed by atoms with Crippen molar-refractivity contribution in [3.8, 4) is 0 Å². The number of nitrogens with one attached hydrogen (secondary N) is 1. The lowest BCUT2D eigenvalue weighted by Gasteiger charge is -2.43. The molecule has 1 aliphatic heterocycles. The molecule has 0 aromatic rings. The number of amides is 1. The lowest BCUT2D eigenvalue weighted by Crippen LogP contribution is -2.58. The third-order valence-electron chi connectivity index (χ3n) is 4.66. The molecule has 0 radical (unpaired) electrons. The van der Waals surface area contributed by atoms with E-state index in [0.717, 1.165) is 6.54 Å². The number of carbonyl (C=O) groups excluding carboxylic acids is 1. The molecule has 1 saturated heterocycles. The van der Waals surface area contributed by atoms with Crippen LogP contribution in [0.25, 0.3) is 0 Å². The van der Waals surface area contributed by atoms with E-state index in [-0.39, 0.29) is 5.91 Å². The van der Waals surface area contributed by atoms with Crippen molar-refractivity contribution >= 4 is 5.91 Å². The van der Waals surface area contributed by atoms with Gasteiger partial charge in [0.2, 0.25) is 5.91 Å². The summed E-state index contributed by atoms with van der Waals surface area (Å²) >= 11 is 0. The van der Waals surface area contributed by atoms with Crippen molar-refractivity contribution in [2.45, 2.75) is 57.4 Å². The Morgan fingerprint density at radius 2 is 1.94 bits per heavy atom. The number of hydrogen-bond acceptors (Lipinski definition) is 3. The Kier molecular flexibility index (Phi) is 4.28. The average molecular weight is 254 g/mol. The molecule has 1 aliphatic carbocycles. The van der Waals surface area contributed by atoms with E-state index in [1.54, 1.807) is 0 Å². The van der Waals surface area contributed by atoms with E-state index in [4.69, 9.17) is 10.5 Å². The van der Waals surface area contributed by atoms with Crippen LogP contribution in [0.4, 0.5) is 0 Å². The topological polar surface area (TPSA) is 64.4 Å².